The van der Waals surface area contributed by atoms with Crippen LogP contribution < -0.4 is 0 Å². The molecule has 3 rings (SSSR count). The molecule has 24 heavy (non-hydrogen) atoms. The summed E-state index contributed by atoms with van der Waals surface area (Å²) in [6.45, 7) is 0.355. The average molecular weight is 330 g/mol. The molecule has 1 aromatic carbocycles. The molecule has 1 N–H and O–H groups in total. The van der Waals surface area contributed by atoms with Crippen LogP contribution in [0.5, 0.6) is 0 Å². The molecule has 0 aliphatic carbocycles. The number of nitro groups is 1. The number of rotatable bonds is 4. The van der Waals surface area contributed by atoms with Crippen molar-refractivity contribution in [3.63, 3.8) is 0 Å². The molecule has 1 saturated heterocycles. The predicted molar refractivity (Wildman–Crippen MR) is 81.9 cm³/mol. The number of carboxylic acids is 1. The van der Waals surface area contributed by atoms with E-state index in [0.717, 1.165) is 0 Å². The van der Waals surface area contributed by atoms with Crippen molar-refractivity contribution in [2.75, 3.05) is 6.54 Å². The van der Waals surface area contributed by atoms with Gasteiger partial charge in [-0.15, -0.1) is 0 Å². The fourth-order valence-electron chi connectivity index (χ4n) is 2.80. The summed E-state index contributed by atoms with van der Waals surface area (Å²) in [4.78, 5) is 35.5. The molecular weight excluding hydrogens is 316 g/mol. The number of nitro benzene ring substituents is 1. The van der Waals surface area contributed by atoms with E-state index in [1.807, 2.05) is 0 Å². The third-order valence-corrected chi connectivity index (χ3v) is 3.93. The number of aromatic nitrogens is 2. The van der Waals surface area contributed by atoms with Crippen LogP contribution in [0.4, 0.5) is 5.69 Å². The molecule has 1 aliphatic heterocycles. The highest BCUT2D eigenvalue weighted by atomic mass is 16.6. The number of hydrogen-bond donors (Lipinski definition) is 1. The quantitative estimate of drug-likeness (QED) is 0.670. The predicted octanol–water partition coefficient (Wildman–Crippen LogP) is 1.47. The molecular formula is C15H14N4O5. The maximum absolute atomic E-state index is 12.5. The average Bonchev–Trinajstić information content (AvgIpc) is 3.23. The van der Waals surface area contributed by atoms with E-state index in [-0.39, 0.29) is 17.1 Å². The first-order chi connectivity index (χ1) is 11.5. The Morgan fingerprint density at radius 1 is 1.29 bits per heavy atom. The smallest absolute Gasteiger partial charge is 0.326 e. The summed E-state index contributed by atoms with van der Waals surface area (Å²) >= 11 is 0. The molecule has 1 amide bonds. The van der Waals surface area contributed by atoms with E-state index in [9.17, 15) is 19.7 Å². The zero-order valence-corrected chi connectivity index (χ0v) is 12.5. The van der Waals surface area contributed by atoms with Crippen LogP contribution in [0.15, 0.2) is 36.5 Å². The third kappa shape index (κ3) is 2.71. The van der Waals surface area contributed by atoms with Crippen molar-refractivity contribution in [1.82, 2.24) is 14.7 Å². The van der Waals surface area contributed by atoms with Crippen molar-refractivity contribution in [2.45, 2.75) is 18.9 Å². The second-order valence-corrected chi connectivity index (χ2v) is 5.39. The largest absolute Gasteiger partial charge is 0.480 e. The Morgan fingerprint density at radius 3 is 2.75 bits per heavy atom. The minimum absolute atomic E-state index is 0.0568. The van der Waals surface area contributed by atoms with E-state index < -0.39 is 22.8 Å². The van der Waals surface area contributed by atoms with E-state index in [1.165, 1.54) is 34.0 Å². The summed E-state index contributed by atoms with van der Waals surface area (Å²) in [6.07, 6.45) is 2.47. The van der Waals surface area contributed by atoms with Gasteiger partial charge in [-0.25, -0.2) is 9.48 Å². The molecule has 1 unspecified atom stereocenters. The number of carbonyl (C=O) groups excluding carboxylic acids is 1. The minimum Gasteiger partial charge on any atom is -0.480 e. The highest BCUT2D eigenvalue weighted by Crippen LogP contribution is 2.23. The Balaban J connectivity index is 1.90. The maximum atomic E-state index is 12.5. The Labute approximate surface area is 136 Å². The second-order valence-electron chi connectivity index (χ2n) is 5.39. The van der Waals surface area contributed by atoms with E-state index in [2.05, 4.69) is 5.10 Å². The molecule has 2 heterocycles. The summed E-state index contributed by atoms with van der Waals surface area (Å²) in [5.74, 6) is -1.53. The fourth-order valence-corrected chi connectivity index (χ4v) is 2.80. The van der Waals surface area contributed by atoms with Gasteiger partial charge in [0.05, 0.1) is 4.92 Å². The molecule has 1 aliphatic rings. The lowest BCUT2D eigenvalue weighted by molar-refractivity contribution is -0.384. The van der Waals surface area contributed by atoms with Crippen molar-refractivity contribution in [1.29, 1.82) is 0 Å². The fraction of sp³-hybridized carbons (Fsp3) is 0.267. The molecule has 1 aromatic heterocycles. The first kappa shape index (κ1) is 15.7. The van der Waals surface area contributed by atoms with Crippen molar-refractivity contribution in [2.24, 2.45) is 0 Å². The van der Waals surface area contributed by atoms with Gasteiger partial charge < -0.3 is 10.0 Å². The van der Waals surface area contributed by atoms with Crippen molar-refractivity contribution < 1.29 is 19.6 Å². The van der Waals surface area contributed by atoms with E-state index >= 15 is 0 Å². The standard InChI is InChI=1S/C15H14N4O5/c20-14(17-8-3-6-13(17)15(21)22)10-7-9-18(16-10)11-4-1-2-5-12(11)19(23)24/h1-2,4-5,7,9,13H,3,6,8H2,(H,21,22). The lowest BCUT2D eigenvalue weighted by Crippen LogP contribution is -2.40. The van der Waals surface area contributed by atoms with Gasteiger partial charge in [0.25, 0.3) is 11.6 Å². The lowest BCUT2D eigenvalue weighted by Gasteiger charge is -2.20. The number of para-hydroxylation sites is 2. The van der Waals surface area contributed by atoms with Crippen molar-refractivity contribution in [3.8, 4) is 5.69 Å². The summed E-state index contributed by atoms with van der Waals surface area (Å²) in [6, 6.07) is 6.62. The molecule has 1 atom stereocenters. The molecule has 9 heteroatoms. The topological polar surface area (TPSA) is 119 Å². The van der Waals surface area contributed by atoms with Crippen LogP contribution in [0.2, 0.25) is 0 Å². The first-order valence-corrected chi connectivity index (χ1v) is 7.32. The van der Waals surface area contributed by atoms with Gasteiger partial charge in [0, 0.05) is 18.8 Å². The number of amides is 1. The van der Waals surface area contributed by atoms with Crippen molar-refractivity contribution in [3.05, 3.63) is 52.3 Å². The van der Waals surface area contributed by atoms with E-state index in [0.29, 0.717) is 19.4 Å². The van der Waals surface area contributed by atoms with E-state index in [1.54, 1.807) is 12.1 Å². The molecule has 0 spiro atoms. The van der Waals surface area contributed by atoms with Gasteiger partial charge in [-0.05, 0) is 25.0 Å². The summed E-state index contributed by atoms with van der Waals surface area (Å²) in [5.41, 5.74) is 0.156. The van der Waals surface area contributed by atoms with Gasteiger partial charge in [0.2, 0.25) is 0 Å². The molecule has 9 nitrogen and oxygen atoms in total. The number of benzene rings is 1. The number of hydrogen-bond acceptors (Lipinski definition) is 5. The van der Waals surface area contributed by atoms with Crippen LogP contribution in [-0.2, 0) is 4.79 Å². The number of carbonyl (C=O) groups is 2. The van der Waals surface area contributed by atoms with Gasteiger partial charge in [-0.2, -0.15) is 5.10 Å². The molecule has 2 aromatic rings. The Bertz CT molecular complexity index is 816. The summed E-state index contributed by atoms with van der Waals surface area (Å²) in [7, 11) is 0. The molecule has 0 saturated carbocycles. The van der Waals surface area contributed by atoms with Crippen LogP contribution in [0.1, 0.15) is 23.3 Å². The monoisotopic (exact) mass is 330 g/mol. The number of aliphatic carboxylic acids is 1. The van der Waals surface area contributed by atoms with Crippen LogP contribution in [0.25, 0.3) is 5.69 Å². The van der Waals surface area contributed by atoms with E-state index in [4.69, 9.17) is 5.11 Å². The molecule has 124 valence electrons. The van der Waals surface area contributed by atoms with Crippen LogP contribution in [-0.4, -0.2) is 49.2 Å². The normalized spacial score (nSPS) is 17.0. The second kappa shape index (κ2) is 6.11. The zero-order valence-electron chi connectivity index (χ0n) is 12.5. The minimum atomic E-state index is -1.04. The van der Waals surface area contributed by atoms with Gasteiger partial charge in [-0.3, -0.25) is 14.9 Å². The lowest BCUT2D eigenvalue weighted by atomic mass is 10.2. The Hall–Kier alpha value is -3.23. The third-order valence-electron chi connectivity index (χ3n) is 3.93. The summed E-state index contributed by atoms with van der Waals surface area (Å²) in [5, 5.41) is 24.3. The highest BCUT2D eigenvalue weighted by molar-refractivity contribution is 5.95. The molecule has 0 bridgehead atoms. The Morgan fingerprint density at radius 2 is 2.04 bits per heavy atom. The van der Waals surface area contributed by atoms with Gasteiger partial charge in [0.1, 0.15) is 11.7 Å². The maximum Gasteiger partial charge on any atom is 0.326 e. The number of nitrogens with zero attached hydrogens (tertiary/aromatic N) is 4. The zero-order chi connectivity index (χ0) is 17.3. The molecule has 1 fully saturated rings. The van der Waals surface area contributed by atoms with Crippen LogP contribution in [0, 0.1) is 10.1 Å². The van der Waals surface area contributed by atoms with Crippen LogP contribution >= 0.6 is 0 Å². The van der Waals surface area contributed by atoms with Gasteiger partial charge >= 0.3 is 5.97 Å². The Kier molecular flexibility index (Phi) is 3.98. The van der Waals surface area contributed by atoms with Gasteiger partial charge in [0.15, 0.2) is 5.69 Å². The number of likely N-dealkylation sites (tertiary alicyclic amines) is 1. The van der Waals surface area contributed by atoms with Crippen LogP contribution in [0.3, 0.4) is 0 Å². The summed E-state index contributed by atoms with van der Waals surface area (Å²) < 4.78 is 1.25. The first-order valence-electron chi connectivity index (χ1n) is 7.32. The number of carboxylic acid groups (broad SMARTS) is 1. The van der Waals surface area contributed by atoms with Crippen molar-refractivity contribution >= 4 is 17.6 Å². The molecule has 0 radical (unpaired) electrons. The van der Waals surface area contributed by atoms with Gasteiger partial charge in [-0.1, -0.05) is 12.1 Å². The SMILES string of the molecule is O=C(O)C1CCCN1C(=O)c1ccn(-c2ccccc2[N+](=O)[O-])n1. The highest BCUT2D eigenvalue weighted by Gasteiger charge is 2.35.